The fraction of sp³-hybridized carbons (Fsp3) is 0.696. The molecular weight excluding hydrogens is 677 g/mol. The molecule has 0 aromatic heterocycles. The standard InChI is InChI=1S/C46H66N2O6/c1-4-5-6-13-18-41(49)48-40(27-33-14-9-7-10-15-33)42(50)47-32-45(51)26-25-43(2)35(28-45)19-20-37-38(43)21-23-44(3)39(37)22-24-46(44)53-31-36(54-46)30-52-29-34-16-11-8-12-17-34/h7-12,14-17,35-40,51H,4-6,13,18-32H2,1-3H3,(H,47,50)(H,48,49)/t35-,36?,37+,38-,39-,40-,43-,44-,45+,46?/m0/s1. The van der Waals surface area contributed by atoms with Gasteiger partial charge < -0.3 is 30.0 Å². The number of hydrogen-bond acceptors (Lipinski definition) is 6. The summed E-state index contributed by atoms with van der Waals surface area (Å²) < 4.78 is 19.6. The van der Waals surface area contributed by atoms with E-state index in [9.17, 15) is 14.7 Å². The minimum absolute atomic E-state index is 0.00750. The highest BCUT2D eigenvalue weighted by atomic mass is 16.8. The molecule has 5 aliphatic rings. The van der Waals surface area contributed by atoms with Crippen molar-refractivity contribution in [3.05, 3.63) is 71.8 Å². The average molecular weight is 743 g/mol. The van der Waals surface area contributed by atoms with Crippen molar-refractivity contribution in [2.45, 2.75) is 147 Å². The van der Waals surface area contributed by atoms with E-state index in [-0.39, 0.29) is 35.3 Å². The second-order valence-electron chi connectivity index (χ2n) is 18.2. The minimum atomic E-state index is -0.947. The average Bonchev–Trinajstić information content (AvgIpc) is 3.73. The van der Waals surface area contributed by atoms with Gasteiger partial charge in [-0.05, 0) is 98.0 Å². The van der Waals surface area contributed by atoms with Gasteiger partial charge in [0.1, 0.15) is 12.1 Å². The van der Waals surface area contributed by atoms with Crippen molar-refractivity contribution >= 4 is 11.8 Å². The summed E-state index contributed by atoms with van der Waals surface area (Å²) in [4.78, 5) is 26.6. The molecule has 0 radical (unpaired) electrons. The normalized spacial score (nSPS) is 36.2. The monoisotopic (exact) mass is 742 g/mol. The maximum Gasteiger partial charge on any atom is 0.243 e. The van der Waals surface area contributed by atoms with Crippen molar-refractivity contribution in [2.75, 3.05) is 19.8 Å². The highest BCUT2D eigenvalue weighted by Crippen LogP contribution is 2.70. The second-order valence-corrected chi connectivity index (χ2v) is 18.2. The van der Waals surface area contributed by atoms with Gasteiger partial charge >= 0.3 is 0 Å². The molecule has 5 fully saturated rings. The van der Waals surface area contributed by atoms with Crippen LogP contribution in [-0.2, 0) is 36.8 Å². The number of benzene rings is 2. The molecule has 2 aromatic rings. The number of nitrogens with one attached hydrogen (secondary N) is 2. The summed E-state index contributed by atoms with van der Waals surface area (Å²) in [6.07, 6.45) is 13.9. The number of aliphatic hydroxyl groups is 1. The summed E-state index contributed by atoms with van der Waals surface area (Å²) in [5.41, 5.74) is 1.39. The first-order valence-electron chi connectivity index (χ1n) is 21.3. The molecule has 1 aliphatic heterocycles. The van der Waals surface area contributed by atoms with Gasteiger partial charge in [-0.3, -0.25) is 9.59 Å². The number of carbonyl (C=O) groups is 2. The molecular formula is C46H66N2O6. The van der Waals surface area contributed by atoms with Crippen LogP contribution in [0, 0.1) is 34.5 Å². The zero-order chi connectivity index (χ0) is 37.8. The molecule has 1 heterocycles. The molecule has 10 atom stereocenters. The molecule has 8 heteroatoms. The quantitative estimate of drug-likeness (QED) is 0.160. The summed E-state index contributed by atoms with van der Waals surface area (Å²) >= 11 is 0. The Balaban J connectivity index is 0.937. The summed E-state index contributed by atoms with van der Waals surface area (Å²) in [6, 6.07) is 19.5. The number of amides is 2. The molecule has 3 N–H and O–H groups in total. The van der Waals surface area contributed by atoms with Crippen LogP contribution in [0.2, 0.25) is 0 Å². The van der Waals surface area contributed by atoms with E-state index in [1.54, 1.807) is 0 Å². The molecule has 2 aromatic carbocycles. The Hall–Kier alpha value is -2.78. The lowest BCUT2D eigenvalue weighted by atomic mass is 9.44. The van der Waals surface area contributed by atoms with Crippen LogP contribution in [0.5, 0.6) is 0 Å². The molecule has 2 unspecified atom stereocenters. The number of fused-ring (bicyclic) bond motifs is 6. The zero-order valence-electron chi connectivity index (χ0n) is 33.2. The third-order valence-corrected chi connectivity index (χ3v) is 14.9. The zero-order valence-corrected chi connectivity index (χ0v) is 33.2. The molecule has 4 saturated carbocycles. The topological polar surface area (TPSA) is 106 Å². The fourth-order valence-electron chi connectivity index (χ4n) is 11.8. The third-order valence-electron chi connectivity index (χ3n) is 14.9. The smallest absolute Gasteiger partial charge is 0.243 e. The van der Waals surface area contributed by atoms with E-state index in [0.717, 1.165) is 63.4 Å². The maximum atomic E-state index is 13.7. The summed E-state index contributed by atoms with van der Waals surface area (Å²) in [7, 11) is 0. The molecule has 2 amide bonds. The SMILES string of the molecule is CCCCCCC(=O)N[C@@H](Cc1ccccc1)C(=O)NC[C@@]1(O)CC[C@@]2(C)[C@@H](CC[C@@H]3[C@@H]2CC[C@@]2(C)[C@H]3CCC23OCC(COCc2ccccc2)O3)C1. The molecule has 296 valence electrons. The number of ether oxygens (including phenoxy) is 3. The lowest BCUT2D eigenvalue weighted by Gasteiger charge is -2.62. The van der Waals surface area contributed by atoms with Gasteiger partial charge in [0, 0.05) is 31.2 Å². The van der Waals surface area contributed by atoms with Crippen molar-refractivity contribution in [3.8, 4) is 0 Å². The number of unbranched alkanes of at least 4 members (excludes halogenated alkanes) is 3. The molecule has 8 nitrogen and oxygen atoms in total. The van der Waals surface area contributed by atoms with Crippen molar-refractivity contribution in [1.82, 2.24) is 10.6 Å². The predicted octanol–water partition coefficient (Wildman–Crippen LogP) is 7.90. The van der Waals surface area contributed by atoms with E-state index in [0.29, 0.717) is 69.2 Å². The lowest BCUT2D eigenvalue weighted by molar-refractivity contribution is -0.257. The Bertz CT molecular complexity index is 1560. The van der Waals surface area contributed by atoms with Gasteiger partial charge in [0.2, 0.25) is 11.8 Å². The molecule has 7 rings (SSSR count). The number of carbonyl (C=O) groups excluding carboxylic acids is 2. The summed E-state index contributed by atoms with van der Waals surface area (Å²) in [5.74, 6) is 1.44. The van der Waals surface area contributed by atoms with E-state index in [1.165, 1.54) is 18.4 Å². The van der Waals surface area contributed by atoms with Gasteiger partial charge in [0.05, 0.1) is 25.4 Å². The van der Waals surface area contributed by atoms with Crippen molar-refractivity contribution in [3.63, 3.8) is 0 Å². The van der Waals surface area contributed by atoms with E-state index in [1.807, 2.05) is 48.5 Å². The predicted molar refractivity (Wildman–Crippen MR) is 210 cm³/mol. The molecule has 1 spiro atoms. The summed E-state index contributed by atoms with van der Waals surface area (Å²) in [5, 5.41) is 18.2. The molecule has 1 saturated heterocycles. The minimum Gasteiger partial charge on any atom is -0.388 e. The van der Waals surface area contributed by atoms with Gasteiger partial charge in [-0.15, -0.1) is 0 Å². The van der Waals surface area contributed by atoms with Gasteiger partial charge in [0.15, 0.2) is 5.79 Å². The first-order chi connectivity index (χ1) is 26.1. The number of rotatable bonds is 15. The van der Waals surface area contributed by atoms with Crippen LogP contribution in [0.15, 0.2) is 60.7 Å². The highest BCUT2D eigenvalue weighted by molar-refractivity contribution is 5.87. The van der Waals surface area contributed by atoms with Gasteiger partial charge in [-0.2, -0.15) is 0 Å². The Morgan fingerprint density at radius 2 is 1.63 bits per heavy atom. The fourth-order valence-corrected chi connectivity index (χ4v) is 11.8. The van der Waals surface area contributed by atoms with Gasteiger partial charge in [-0.1, -0.05) is 101 Å². The van der Waals surface area contributed by atoms with Crippen LogP contribution < -0.4 is 10.6 Å². The van der Waals surface area contributed by atoms with Gasteiger partial charge in [0.25, 0.3) is 0 Å². The highest BCUT2D eigenvalue weighted by Gasteiger charge is 2.68. The van der Waals surface area contributed by atoms with E-state index in [4.69, 9.17) is 14.2 Å². The molecule has 4 aliphatic carbocycles. The van der Waals surface area contributed by atoms with E-state index >= 15 is 0 Å². The second kappa shape index (κ2) is 16.8. The van der Waals surface area contributed by atoms with Gasteiger partial charge in [-0.25, -0.2) is 0 Å². The number of hydrogen-bond donors (Lipinski definition) is 3. The third kappa shape index (κ3) is 8.19. The van der Waals surface area contributed by atoms with Crippen LogP contribution in [0.4, 0.5) is 0 Å². The Kier molecular flexibility index (Phi) is 12.2. The van der Waals surface area contributed by atoms with E-state index in [2.05, 4.69) is 43.5 Å². The van der Waals surface area contributed by atoms with Crippen LogP contribution in [0.3, 0.4) is 0 Å². The molecule has 54 heavy (non-hydrogen) atoms. The largest absolute Gasteiger partial charge is 0.388 e. The maximum absolute atomic E-state index is 13.7. The van der Waals surface area contributed by atoms with Crippen molar-refractivity contribution in [2.24, 2.45) is 34.5 Å². The Morgan fingerprint density at radius 3 is 2.39 bits per heavy atom. The Labute approximate surface area is 323 Å². The first kappa shape index (κ1) is 39.5. The van der Waals surface area contributed by atoms with Crippen molar-refractivity contribution in [1.29, 1.82) is 0 Å². The summed E-state index contributed by atoms with van der Waals surface area (Å²) in [6.45, 7) is 9.07. The van der Waals surface area contributed by atoms with Crippen LogP contribution in [0.1, 0.15) is 122 Å². The lowest BCUT2D eigenvalue weighted by Crippen LogP contribution is -2.60. The van der Waals surface area contributed by atoms with Crippen LogP contribution in [0.25, 0.3) is 0 Å². The van der Waals surface area contributed by atoms with Crippen LogP contribution >= 0.6 is 0 Å². The molecule has 0 bridgehead atoms. The first-order valence-corrected chi connectivity index (χ1v) is 21.3. The van der Waals surface area contributed by atoms with E-state index < -0.39 is 17.4 Å². The Morgan fingerprint density at radius 1 is 0.889 bits per heavy atom. The van der Waals surface area contributed by atoms with Crippen molar-refractivity contribution < 1.29 is 28.9 Å². The van der Waals surface area contributed by atoms with Crippen LogP contribution in [-0.4, -0.2) is 60.2 Å².